The molecule has 0 N–H and O–H groups in total. The predicted molar refractivity (Wildman–Crippen MR) is 60.0 cm³/mol. The van der Waals surface area contributed by atoms with Crippen molar-refractivity contribution in [2.45, 2.75) is 52.4 Å². The van der Waals surface area contributed by atoms with Crippen molar-refractivity contribution in [2.75, 3.05) is 0 Å². The molecular formula is C14H24. The third-order valence-corrected chi connectivity index (χ3v) is 5.86. The Bertz CT molecular complexity index is 198. The molecule has 14 heavy (non-hydrogen) atoms. The normalized spacial score (nSPS) is 55.3. The Morgan fingerprint density at radius 3 is 1.71 bits per heavy atom. The third kappa shape index (κ3) is 1.01. The van der Waals surface area contributed by atoms with Crippen LogP contribution in [0, 0.1) is 35.5 Å². The van der Waals surface area contributed by atoms with Crippen molar-refractivity contribution in [1.29, 1.82) is 0 Å². The molecule has 0 saturated heterocycles. The first kappa shape index (κ1) is 9.24. The topological polar surface area (TPSA) is 0 Å². The van der Waals surface area contributed by atoms with Crippen molar-refractivity contribution in [3.05, 3.63) is 0 Å². The number of hydrogen-bond donors (Lipinski definition) is 0. The molecular weight excluding hydrogens is 168 g/mol. The van der Waals surface area contributed by atoms with Gasteiger partial charge in [-0.2, -0.15) is 0 Å². The van der Waals surface area contributed by atoms with Crippen molar-refractivity contribution in [3.63, 3.8) is 0 Å². The van der Waals surface area contributed by atoms with Gasteiger partial charge >= 0.3 is 0 Å². The molecule has 3 aliphatic rings. The summed E-state index contributed by atoms with van der Waals surface area (Å²) in [7, 11) is 0. The molecule has 0 aromatic carbocycles. The predicted octanol–water partition coefficient (Wildman–Crippen LogP) is 4.10. The zero-order valence-corrected chi connectivity index (χ0v) is 9.71. The molecule has 0 spiro atoms. The van der Waals surface area contributed by atoms with E-state index in [1.54, 1.807) is 25.7 Å². The Balaban J connectivity index is 1.86. The Morgan fingerprint density at radius 1 is 0.786 bits per heavy atom. The molecule has 0 aliphatic heterocycles. The van der Waals surface area contributed by atoms with Crippen LogP contribution in [0.1, 0.15) is 52.4 Å². The minimum absolute atomic E-state index is 1.12. The lowest BCUT2D eigenvalue weighted by Gasteiger charge is -2.37. The quantitative estimate of drug-likeness (QED) is 0.618. The van der Waals surface area contributed by atoms with Gasteiger partial charge in [0.15, 0.2) is 0 Å². The second-order valence-electron chi connectivity index (χ2n) is 5.97. The minimum Gasteiger partial charge on any atom is -0.0651 e. The molecule has 3 aliphatic carbocycles. The highest BCUT2D eigenvalue weighted by Crippen LogP contribution is 2.64. The highest BCUT2D eigenvalue weighted by atomic mass is 14.6. The van der Waals surface area contributed by atoms with Crippen LogP contribution in [0.15, 0.2) is 0 Å². The third-order valence-electron chi connectivity index (χ3n) is 5.86. The maximum atomic E-state index is 2.43. The molecule has 0 radical (unpaired) electrons. The fraction of sp³-hybridized carbons (Fsp3) is 1.00. The van der Waals surface area contributed by atoms with Gasteiger partial charge in [-0.15, -0.1) is 0 Å². The van der Waals surface area contributed by atoms with Gasteiger partial charge in [-0.05, 0) is 54.8 Å². The first-order chi connectivity index (χ1) is 6.86. The molecule has 3 rings (SSSR count). The van der Waals surface area contributed by atoms with Crippen LogP contribution in [-0.4, -0.2) is 0 Å². The molecule has 0 heteroatoms. The van der Waals surface area contributed by atoms with Gasteiger partial charge in [0, 0.05) is 0 Å². The van der Waals surface area contributed by atoms with E-state index in [4.69, 9.17) is 0 Å². The molecule has 0 aromatic rings. The fourth-order valence-corrected chi connectivity index (χ4v) is 5.58. The average Bonchev–Trinajstić information content (AvgIpc) is 2.86. The molecule has 3 saturated carbocycles. The van der Waals surface area contributed by atoms with Gasteiger partial charge in [0.05, 0.1) is 0 Å². The van der Waals surface area contributed by atoms with Crippen LogP contribution in [0.3, 0.4) is 0 Å². The van der Waals surface area contributed by atoms with E-state index >= 15 is 0 Å². The highest BCUT2D eigenvalue weighted by Gasteiger charge is 2.57. The fourth-order valence-electron chi connectivity index (χ4n) is 5.58. The van der Waals surface area contributed by atoms with Crippen molar-refractivity contribution < 1.29 is 0 Å². The van der Waals surface area contributed by atoms with Gasteiger partial charge in [-0.3, -0.25) is 0 Å². The van der Waals surface area contributed by atoms with E-state index in [1.807, 2.05) is 0 Å². The molecule has 0 amide bonds. The molecule has 2 bridgehead atoms. The molecule has 3 fully saturated rings. The highest BCUT2D eigenvalue weighted by molar-refractivity contribution is 5.05. The van der Waals surface area contributed by atoms with Crippen LogP contribution in [0.5, 0.6) is 0 Å². The molecule has 0 aromatic heterocycles. The molecule has 0 nitrogen and oxygen atoms in total. The maximum Gasteiger partial charge on any atom is -0.0349 e. The zero-order chi connectivity index (χ0) is 9.71. The Kier molecular flexibility index (Phi) is 2.15. The molecule has 6 atom stereocenters. The van der Waals surface area contributed by atoms with Gasteiger partial charge < -0.3 is 0 Å². The zero-order valence-electron chi connectivity index (χ0n) is 9.71. The summed E-state index contributed by atoms with van der Waals surface area (Å²) in [5.74, 6) is 6.89. The monoisotopic (exact) mass is 192 g/mol. The number of hydrogen-bond acceptors (Lipinski definition) is 0. The summed E-state index contributed by atoms with van der Waals surface area (Å²) in [6, 6.07) is 0. The minimum atomic E-state index is 1.12. The van der Waals surface area contributed by atoms with E-state index < -0.39 is 0 Å². The van der Waals surface area contributed by atoms with E-state index in [0.717, 1.165) is 23.7 Å². The summed E-state index contributed by atoms with van der Waals surface area (Å²) in [6.07, 6.45) is 9.25. The number of fused-ring (bicyclic) bond motifs is 5. The van der Waals surface area contributed by atoms with E-state index in [9.17, 15) is 0 Å². The van der Waals surface area contributed by atoms with Crippen molar-refractivity contribution in [2.24, 2.45) is 35.5 Å². The first-order valence-electron chi connectivity index (χ1n) is 6.86. The van der Waals surface area contributed by atoms with Crippen LogP contribution < -0.4 is 0 Å². The molecule has 0 heterocycles. The lowest BCUT2D eigenvalue weighted by atomic mass is 9.68. The second-order valence-corrected chi connectivity index (χ2v) is 5.97. The van der Waals surface area contributed by atoms with Crippen molar-refractivity contribution >= 4 is 0 Å². The summed E-state index contributed by atoms with van der Waals surface area (Å²) < 4.78 is 0. The van der Waals surface area contributed by atoms with Crippen LogP contribution in [0.25, 0.3) is 0 Å². The van der Waals surface area contributed by atoms with Gasteiger partial charge in [-0.1, -0.05) is 33.1 Å². The van der Waals surface area contributed by atoms with Gasteiger partial charge in [0.25, 0.3) is 0 Å². The van der Waals surface area contributed by atoms with E-state index in [-0.39, 0.29) is 0 Å². The standard InChI is InChI=1S/C14H24/c1-3-9-10(4-2)14-8-13(9)11-6-5-7-12(11)14/h9-14H,3-8H2,1-2H3. The summed E-state index contributed by atoms with van der Waals surface area (Å²) in [5, 5.41) is 0. The smallest absolute Gasteiger partial charge is 0.0349 e. The Labute approximate surface area is 88.5 Å². The summed E-state index contributed by atoms with van der Waals surface area (Å²) in [6.45, 7) is 4.86. The van der Waals surface area contributed by atoms with Crippen LogP contribution >= 0.6 is 0 Å². The van der Waals surface area contributed by atoms with Crippen LogP contribution in [0.4, 0.5) is 0 Å². The summed E-state index contributed by atoms with van der Waals surface area (Å²) >= 11 is 0. The lowest BCUT2D eigenvalue weighted by Crippen LogP contribution is -2.31. The summed E-state index contributed by atoms with van der Waals surface area (Å²) in [4.78, 5) is 0. The van der Waals surface area contributed by atoms with Gasteiger partial charge in [0.1, 0.15) is 0 Å². The average molecular weight is 192 g/mol. The number of rotatable bonds is 2. The first-order valence-corrected chi connectivity index (χ1v) is 6.86. The largest absolute Gasteiger partial charge is 0.0651 e. The van der Waals surface area contributed by atoms with Crippen LogP contribution in [-0.2, 0) is 0 Å². The van der Waals surface area contributed by atoms with Crippen LogP contribution in [0.2, 0.25) is 0 Å². The molecule has 80 valence electrons. The SMILES string of the molecule is CCC1C(CC)C2CC1C1CCCC12. The Morgan fingerprint density at radius 2 is 1.29 bits per heavy atom. The van der Waals surface area contributed by atoms with E-state index in [0.29, 0.717) is 0 Å². The summed E-state index contributed by atoms with van der Waals surface area (Å²) in [5.41, 5.74) is 0. The van der Waals surface area contributed by atoms with Gasteiger partial charge in [0.2, 0.25) is 0 Å². The van der Waals surface area contributed by atoms with Crippen molar-refractivity contribution in [1.82, 2.24) is 0 Å². The molecule has 6 unspecified atom stereocenters. The lowest BCUT2D eigenvalue weighted by molar-refractivity contribution is 0.110. The van der Waals surface area contributed by atoms with E-state index in [2.05, 4.69) is 13.8 Å². The van der Waals surface area contributed by atoms with Gasteiger partial charge in [-0.25, -0.2) is 0 Å². The maximum absolute atomic E-state index is 2.43. The van der Waals surface area contributed by atoms with E-state index in [1.165, 1.54) is 24.7 Å². The Hall–Kier alpha value is 0. The van der Waals surface area contributed by atoms with Crippen molar-refractivity contribution in [3.8, 4) is 0 Å². The second kappa shape index (κ2) is 3.25.